The number of rotatable bonds is 9. The van der Waals surface area contributed by atoms with Gasteiger partial charge in [-0.3, -0.25) is 4.79 Å². The summed E-state index contributed by atoms with van der Waals surface area (Å²) in [7, 11) is 0. The number of benzene rings is 2. The predicted molar refractivity (Wildman–Crippen MR) is 129 cm³/mol. The molecule has 0 unspecified atom stereocenters. The topological polar surface area (TPSA) is 75.0 Å². The van der Waals surface area contributed by atoms with Crippen molar-refractivity contribution >= 4 is 17.7 Å². The molecule has 0 saturated heterocycles. The van der Waals surface area contributed by atoms with Gasteiger partial charge in [0.05, 0.1) is 16.8 Å². The molecule has 1 amide bonds. The summed E-state index contributed by atoms with van der Waals surface area (Å²) in [6.45, 7) is 5.96. The fourth-order valence-electron chi connectivity index (χ4n) is 3.10. The molecule has 0 aliphatic carbocycles. The first kappa shape index (κ1) is 25.8. The van der Waals surface area contributed by atoms with Crippen LogP contribution < -0.4 is 10.1 Å². The summed E-state index contributed by atoms with van der Waals surface area (Å²) < 4.78 is 46.7. The van der Waals surface area contributed by atoms with Crippen LogP contribution in [-0.4, -0.2) is 29.8 Å². The minimum Gasteiger partial charge on any atom is -0.490 e. The summed E-state index contributed by atoms with van der Waals surface area (Å²) in [5, 5.41) is 12.1. The lowest BCUT2D eigenvalue weighted by atomic mass is 10.1. The molecular weight excluding hydrogens is 475 g/mol. The largest absolute Gasteiger partial charge is 0.490 e. The highest BCUT2D eigenvalue weighted by Crippen LogP contribution is 2.38. The summed E-state index contributed by atoms with van der Waals surface area (Å²) in [4.78, 5) is 16.6. The smallest absolute Gasteiger partial charge is 0.417 e. The summed E-state index contributed by atoms with van der Waals surface area (Å²) >= 11 is 0.981. The van der Waals surface area contributed by atoms with Gasteiger partial charge < -0.3 is 10.1 Å². The maximum absolute atomic E-state index is 13.8. The third kappa shape index (κ3) is 6.87. The average molecular weight is 498 g/mol. The normalized spacial score (nSPS) is 10.9. The highest BCUT2D eigenvalue weighted by atomic mass is 32.2. The second-order valence-corrected chi connectivity index (χ2v) is 8.52. The number of nitrogens with zero attached hydrogens (tertiary/aromatic N) is 2. The highest BCUT2D eigenvalue weighted by Gasteiger charge is 2.36. The van der Waals surface area contributed by atoms with Gasteiger partial charge in [0.1, 0.15) is 23.5 Å². The molecule has 1 aromatic heterocycles. The average Bonchev–Trinajstić information content (AvgIpc) is 2.84. The number of halogens is 3. The molecule has 0 atom stereocenters. The number of carbonyl (C=O) groups excluding carboxylic acids is 1. The number of pyridine rings is 1. The molecular formula is C26H22F3N3O2S. The van der Waals surface area contributed by atoms with Crippen LogP contribution in [-0.2, 0) is 6.18 Å². The number of hydrogen-bond acceptors (Lipinski definition) is 5. The zero-order valence-electron chi connectivity index (χ0n) is 18.9. The number of nitrogens with one attached hydrogen (secondary N) is 1. The Labute approximate surface area is 205 Å². The van der Waals surface area contributed by atoms with Crippen LogP contribution in [0.1, 0.15) is 27.0 Å². The molecule has 2 aromatic carbocycles. The van der Waals surface area contributed by atoms with Crippen LogP contribution in [0.5, 0.6) is 5.75 Å². The van der Waals surface area contributed by atoms with Crippen molar-refractivity contribution in [2.75, 3.05) is 18.9 Å². The van der Waals surface area contributed by atoms with E-state index in [4.69, 9.17) is 4.74 Å². The van der Waals surface area contributed by atoms with E-state index in [9.17, 15) is 23.2 Å². The van der Waals surface area contributed by atoms with Crippen molar-refractivity contribution in [3.05, 3.63) is 89.5 Å². The molecule has 5 nitrogen and oxygen atoms in total. The molecule has 9 heteroatoms. The van der Waals surface area contributed by atoms with E-state index in [2.05, 4.69) is 16.9 Å². The first-order valence-corrected chi connectivity index (χ1v) is 11.6. The van der Waals surface area contributed by atoms with E-state index in [-0.39, 0.29) is 28.9 Å². The van der Waals surface area contributed by atoms with Gasteiger partial charge >= 0.3 is 6.18 Å². The van der Waals surface area contributed by atoms with Crippen LogP contribution >= 0.6 is 11.8 Å². The Morgan fingerprint density at radius 3 is 2.49 bits per heavy atom. The lowest BCUT2D eigenvalue weighted by molar-refractivity contribution is -0.138. The van der Waals surface area contributed by atoms with Crippen LogP contribution in [0.2, 0.25) is 0 Å². The molecule has 0 bridgehead atoms. The fraction of sp³-hybridized carbons (Fsp3) is 0.192. The standard InChI is InChI=1S/C26H22F3N3O2S/c1-3-13-34-20-10-8-18(9-11-20)23-15-22(26(27,28)29)21(16-30)25(32-23)35-14-12-31-24(33)19-6-4-17(2)5-7-19/h3-11,15H,1,12-14H2,2H3,(H,31,33). The Morgan fingerprint density at radius 2 is 1.89 bits per heavy atom. The number of thioether (sulfide) groups is 1. The maximum Gasteiger partial charge on any atom is 0.417 e. The molecule has 0 spiro atoms. The van der Waals surface area contributed by atoms with E-state index in [1.54, 1.807) is 48.5 Å². The zero-order valence-corrected chi connectivity index (χ0v) is 19.7. The van der Waals surface area contributed by atoms with Crippen molar-refractivity contribution in [1.29, 1.82) is 5.26 Å². The third-order valence-corrected chi connectivity index (χ3v) is 5.84. The molecule has 180 valence electrons. The Kier molecular flexibility index (Phi) is 8.55. The van der Waals surface area contributed by atoms with Gasteiger partial charge in [-0.25, -0.2) is 4.98 Å². The van der Waals surface area contributed by atoms with Crippen LogP contribution in [0.25, 0.3) is 11.3 Å². The van der Waals surface area contributed by atoms with E-state index >= 15 is 0 Å². The Hall–Kier alpha value is -3.77. The number of ether oxygens (including phenoxy) is 1. The number of alkyl halides is 3. The second kappa shape index (κ2) is 11.6. The zero-order chi connectivity index (χ0) is 25.4. The van der Waals surface area contributed by atoms with Crippen molar-refractivity contribution in [3.8, 4) is 23.1 Å². The van der Waals surface area contributed by atoms with Crippen LogP contribution in [0.15, 0.2) is 72.3 Å². The van der Waals surface area contributed by atoms with Gasteiger partial charge in [-0.1, -0.05) is 30.4 Å². The van der Waals surface area contributed by atoms with Gasteiger partial charge in [-0.05, 0) is 49.4 Å². The molecule has 0 aliphatic rings. The first-order chi connectivity index (χ1) is 16.7. The first-order valence-electron chi connectivity index (χ1n) is 10.6. The van der Waals surface area contributed by atoms with Gasteiger partial charge in [0.15, 0.2) is 0 Å². The molecule has 3 aromatic rings. The highest BCUT2D eigenvalue weighted by molar-refractivity contribution is 7.99. The molecule has 0 saturated carbocycles. The Morgan fingerprint density at radius 1 is 1.20 bits per heavy atom. The van der Waals surface area contributed by atoms with Gasteiger partial charge in [0, 0.05) is 23.4 Å². The van der Waals surface area contributed by atoms with Gasteiger partial charge in [-0.2, -0.15) is 18.4 Å². The van der Waals surface area contributed by atoms with Crippen molar-refractivity contribution < 1.29 is 22.7 Å². The SMILES string of the molecule is C=CCOc1ccc(-c2cc(C(F)(F)F)c(C#N)c(SCCNC(=O)c3ccc(C)cc3)n2)cc1. The quantitative estimate of drug-likeness (QED) is 0.222. The number of aryl methyl sites for hydroxylation is 1. The second-order valence-electron chi connectivity index (χ2n) is 7.44. The summed E-state index contributed by atoms with van der Waals surface area (Å²) in [6.07, 6.45) is -3.15. The van der Waals surface area contributed by atoms with E-state index in [1.807, 2.05) is 19.1 Å². The summed E-state index contributed by atoms with van der Waals surface area (Å²) in [5.74, 6) is 0.480. The van der Waals surface area contributed by atoms with Crippen molar-refractivity contribution in [3.63, 3.8) is 0 Å². The molecule has 3 rings (SSSR count). The van der Waals surface area contributed by atoms with E-state index in [0.29, 0.717) is 23.5 Å². The molecule has 0 fully saturated rings. The van der Waals surface area contributed by atoms with Crippen molar-refractivity contribution in [1.82, 2.24) is 10.3 Å². The third-order valence-electron chi connectivity index (χ3n) is 4.86. The van der Waals surface area contributed by atoms with E-state index in [0.717, 1.165) is 23.4 Å². The molecule has 1 heterocycles. The summed E-state index contributed by atoms with van der Waals surface area (Å²) in [6, 6.07) is 16.0. The number of aromatic nitrogens is 1. The minimum absolute atomic E-state index is 0.0473. The van der Waals surface area contributed by atoms with Gasteiger partial charge in [-0.15, -0.1) is 11.8 Å². The van der Waals surface area contributed by atoms with E-state index < -0.39 is 17.3 Å². The molecule has 0 radical (unpaired) electrons. The number of hydrogen-bond donors (Lipinski definition) is 1. The summed E-state index contributed by atoms with van der Waals surface area (Å²) in [5.41, 5.74) is 0.438. The molecule has 1 N–H and O–H groups in total. The predicted octanol–water partition coefficient (Wildman–Crippen LogP) is 6.03. The van der Waals surface area contributed by atoms with Crippen LogP contribution in [0, 0.1) is 18.3 Å². The maximum atomic E-state index is 13.8. The number of amides is 1. The van der Waals surface area contributed by atoms with Gasteiger partial charge in [0.25, 0.3) is 5.91 Å². The lowest BCUT2D eigenvalue weighted by Crippen LogP contribution is -2.25. The monoisotopic (exact) mass is 497 g/mol. The van der Waals surface area contributed by atoms with Crippen LogP contribution in [0.3, 0.4) is 0 Å². The Balaban J connectivity index is 1.80. The van der Waals surface area contributed by atoms with Gasteiger partial charge in [0.2, 0.25) is 0 Å². The van der Waals surface area contributed by atoms with Crippen molar-refractivity contribution in [2.45, 2.75) is 18.1 Å². The molecule has 0 aliphatic heterocycles. The lowest BCUT2D eigenvalue weighted by Gasteiger charge is -2.14. The number of nitriles is 1. The minimum atomic E-state index is -4.73. The molecule has 35 heavy (non-hydrogen) atoms. The Bertz CT molecular complexity index is 1230. The fourth-order valence-corrected chi connectivity index (χ4v) is 3.96. The van der Waals surface area contributed by atoms with E-state index in [1.165, 1.54) is 0 Å². The van der Waals surface area contributed by atoms with Crippen LogP contribution in [0.4, 0.5) is 13.2 Å². The number of carbonyl (C=O) groups is 1. The van der Waals surface area contributed by atoms with Crippen molar-refractivity contribution in [2.24, 2.45) is 0 Å².